The number of rotatable bonds is 2. The van der Waals surface area contributed by atoms with Crippen LogP contribution in [0.5, 0.6) is 0 Å². The summed E-state index contributed by atoms with van der Waals surface area (Å²) in [7, 11) is 0. The molecule has 6 heteroatoms. The van der Waals surface area contributed by atoms with E-state index in [1.54, 1.807) is 6.07 Å². The van der Waals surface area contributed by atoms with Gasteiger partial charge in [0.05, 0.1) is 16.9 Å². The van der Waals surface area contributed by atoms with Crippen LogP contribution in [0.15, 0.2) is 39.3 Å². The monoisotopic (exact) mass is 400 g/mol. The SMILES string of the molecule is Cc1cc(Br)cc(N)c1NC(=O)c1ccc(F)cc1Br. The van der Waals surface area contributed by atoms with Crippen molar-refractivity contribution in [1.29, 1.82) is 0 Å². The second-order valence-corrected chi connectivity index (χ2v) is 6.04. The molecule has 0 aliphatic heterocycles. The maximum absolute atomic E-state index is 13.0. The van der Waals surface area contributed by atoms with Gasteiger partial charge >= 0.3 is 0 Å². The Balaban J connectivity index is 2.33. The van der Waals surface area contributed by atoms with Crippen LogP contribution in [0.4, 0.5) is 15.8 Å². The van der Waals surface area contributed by atoms with Gasteiger partial charge in [-0.3, -0.25) is 4.79 Å². The van der Waals surface area contributed by atoms with Crippen LogP contribution in [0.2, 0.25) is 0 Å². The number of nitrogens with two attached hydrogens (primary N) is 1. The van der Waals surface area contributed by atoms with E-state index >= 15 is 0 Å². The quantitative estimate of drug-likeness (QED) is 0.728. The molecule has 0 radical (unpaired) electrons. The lowest BCUT2D eigenvalue weighted by atomic mass is 10.1. The van der Waals surface area contributed by atoms with E-state index in [0.29, 0.717) is 21.4 Å². The lowest BCUT2D eigenvalue weighted by Crippen LogP contribution is -2.15. The Morgan fingerprint density at radius 1 is 1.25 bits per heavy atom. The fraction of sp³-hybridized carbons (Fsp3) is 0.0714. The number of nitrogens with one attached hydrogen (secondary N) is 1. The van der Waals surface area contributed by atoms with Gasteiger partial charge in [0.15, 0.2) is 0 Å². The molecule has 1 amide bonds. The molecule has 0 heterocycles. The molecule has 0 fully saturated rings. The summed E-state index contributed by atoms with van der Waals surface area (Å²) in [5, 5.41) is 2.75. The van der Waals surface area contributed by atoms with Crippen molar-refractivity contribution in [3.63, 3.8) is 0 Å². The first-order valence-corrected chi connectivity index (χ1v) is 7.29. The minimum Gasteiger partial charge on any atom is -0.397 e. The number of carbonyl (C=O) groups excluding carboxylic acids is 1. The van der Waals surface area contributed by atoms with Crippen LogP contribution >= 0.6 is 31.9 Å². The predicted octanol–water partition coefficient (Wildman–Crippen LogP) is 4.49. The normalized spacial score (nSPS) is 10.4. The summed E-state index contributed by atoms with van der Waals surface area (Å²) in [6, 6.07) is 7.46. The Morgan fingerprint density at radius 2 is 1.95 bits per heavy atom. The molecule has 2 rings (SSSR count). The van der Waals surface area contributed by atoms with Crippen LogP contribution in [-0.2, 0) is 0 Å². The van der Waals surface area contributed by atoms with Crippen molar-refractivity contribution in [1.82, 2.24) is 0 Å². The standard InChI is InChI=1S/C14H11Br2FN2O/c1-7-4-8(15)5-12(18)13(7)19-14(20)10-3-2-9(17)6-11(10)16/h2-6H,18H2,1H3,(H,19,20). The maximum Gasteiger partial charge on any atom is 0.256 e. The Kier molecular flexibility index (Phi) is 4.45. The molecule has 0 saturated carbocycles. The van der Waals surface area contributed by atoms with Gasteiger partial charge in [-0.15, -0.1) is 0 Å². The van der Waals surface area contributed by atoms with Crippen molar-refractivity contribution in [2.45, 2.75) is 6.92 Å². The molecule has 2 aromatic rings. The fourth-order valence-corrected chi connectivity index (χ4v) is 2.92. The number of nitrogen functional groups attached to an aromatic ring is 1. The van der Waals surface area contributed by atoms with E-state index in [2.05, 4.69) is 37.2 Å². The van der Waals surface area contributed by atoms with Crippen molar-refractivity contribution in [2.24, 2.45) is 0 Å². The summed E-state index contributed by atoms with van der Waals surface area (Å²) >= 11 is 6.51. The molecule has 3 N–H and O–H groups in total. The van der Waals surface area contributed by atoms with Crippen molar-refractivity contribution in [3.8, 4) is 0 Å². The molecular weight excluding hydrogens is 391 g/mol. The van der Waals surface area contributed by atoms with Crippen molar-refractivity contribution >= 4 is 49.1 Å². The van der Waals surface area contributed by atoms with Gasteiger partial charge in [0.1, 0.15) is 5.82 Å². The molecule has 3 nitrogen and oxygen atoms in total. The van der Waals surface area contributed by atoms with Crippen LogP contribution in [0.25, 0.3) is 0 Å². The summed E-state index contributed by atoms with van der Waals surface area (Å²) < 4.78 is 14.3. The Morgan fingerprint density at radius 3 is 2.55 bits per heavy atom. The van der Waals surface area contributed by atoms with Crippen LogP contribution in [0.3, 0.4) is 0 Å². The predicted molar refractivity (Wildman–Crippen MR) is 85.3 cm³/mol. The number of hydrogen-bond donors (Lipinski definition) is 2. The highest BCUT2D eigenvalue weighted by atomic mass is 79.9. The highest BCUT2D eigenvalue weighted by molar-refractivity contribution is 9.10. The first-order valence-electron chi connectivity index (χ1n) is 5.70. The third-order valence-electron chi connectivity index (χ3n) is 2.75. The number of benzene rings is 2. The smallest absolute Gasteiger partial charge is 0.256 e. The van der Waals surface area contributed by atoms with E-state index < -0.39 is 5.82 Å². The molecule has 20 heavy (non-hydrogen) atoms. The summed E-state index contributed by atoms with van der Waals surface area (Å²) in [6.45, 7) is 1.84. The molecule has 2 aromatic carbocycles. The van der Waals surface area contributed by atoms with Gasteiger partial charge in [-0.25, -0.2) is 4.39 Å². The Bertz CT molecular complexity index is 666. The number of amides is 1. The maximum atomic E-state index is 13.0. The first kappa shape index (κ1) is 15.0. The minimum absolute atomic E-state index is 0.341. The van der Waals surface area contributed by atoms with Gasteiger partial charge < -0.3 is 11.1 Å². The zero-order valence-corrected chi connectivity index (χ0v) is 13.7. The fourth-order valence-electron chi connectivity index (χ4n) is 1.79. The average molecular weight is 402 g/mol. The van der Waals surface area contributed by atoms with E-state index in [4.69, 9.17) is 5.73 Å². The molecule has 0 atom stereocenters. The molecule has 0 aromatic heterocycles. The number of hydrogen-bond acceptors (Lipinski definition) is 2. The van der Waals surface area contributed by atoms with Gasteiger partial charge in [-0.2, -0.15) is 0 Å². The summed E-state index contributed by atoms with van der Waals surface area (Å²) in [5.74, 6) is -0.762. The van der Waals surface area contributed by atoms with Crippen LogP contribution in [0.1, 0.15) is 15.9 Å². The lowest BCUT2D eigenvalue weighted by molar-refractivity contribution is 0.102. The van der Waals surface area contributed by atoms with Crippen molar-refractivity contribution < 1.29 is 9.18 Å². The summed E-state index contributed by atoms with van der Waals surface area (Å²) in [5.41, 5.74) is 8.08. The van der Waals surface area contributed by atoms with Gasteiger partial charge in [0.25, 0.3) is 5.91 Å². The topological polar surface area (TPSA) is 55.1 Å². The van der Waals surface area contributed by atoms with E-state index in [-0.39, 0.29) is 5.91 Å². The van der Waals surface area contributed by atoms with Gasteiger partial charge in [-0.05, 0) is 58.7 Å². The second kappa shape index (κ2) is 5.93. The van der Waals surface area contributed by atoms with Gasteiger partial charge in [0.2, 0.25) is 0 Å². The number of anilines is 2. The van der Waals surface area contributed by atoms with E-state index in [9.17, 15) is 9.18 Å². The molecule has 0 aliphatic rings. The van der Waals surface area contributed by atoms with E-state index in [1.165, 1.54) is 18.2 Å². The van der Waals surface area contributed by atoms with Crippen LogP contribution in [0, 0.1) is 12.7 Å². The molecule has 0 unspecified atom stereocenters. The molecule has 0 spiro atoms. The number of halogens is 3. The largest absolute Gasteiger partial charge is 0.397 e. The zero-order valence-electron chi connectivity index (χ0n) is 10.5. The lowest BCUT2D eigenvalue weighted by Gasteiger charge is -2.12. The van der Waals surface area contributed by atoms with E-state index in [0.717, 1.165) is 10.0 Å². The second-order valence-electron chi connectivity index (χ2n) is 4.27. The average Bonchev–Trinajstić information content (AvgIpc) is 2.33. The van der Waals surface area contributed by atoms with Crippen molar-refractivity contribution in [3.05, 3.63) is 56.2 Å². The Labute approximate surface area is 132 Å². The highest BCUT2D eigenvalue weighted by Gasteiger charge is 2.14. The summed E-state index contributed by atoms with van der Waals surface area (Å²) in [4.78, 5) is 12.2. The first-order chi connectivity index (χ1) is 9.38. The number of carbonyl (C=O) groups is 1. The third-order valence-corrected chi connectivity index (χ3v) is 3.86. The van der Waals surface area contributed by atoms with Gasteiger partial charge in [0, 0.05) is 8.95 Å². The summed E-state index contributed by atoms with van der Waals surface area (Å²) in [6.07, 6.45) is 0. The molecule has 0 aliphatic carbocycles. The number of aryl methyl sites for hydroxylation is 1. The van der Waals surface area contributed by atoms with Crippen molar-refractivity contribution in [2.75, 3.05) is 11.1 Å². The minimum atomic E-state index is -0.409. The van der Waals surface area contributed by atoms with Crippen LogP contribution in [-0.4, -0.2) is 5.91 Å². The molecular formula is C14H11Br2FN2O. The molecule has 0 bridgehead atoms. The molecule has 0 saturated heterocycles. The van der Waals surface area contributed by atoms with Crippen LogP contribution < -0.4 is 11.1 Å². The van der Waals surface area contributed by atoms with E-state index in [1.807, 2.05) is 13.0 Å². The highest BCUT2D eigenvalue weighted by Crippen LogP contribution is 2.29. The molecule has 104 valence electrons. The van der Waals surface area contributed by atoms with Gasteiger partial charge in [-0.1, -0.05) is 15.9 Å². The zero-order chi connectivity index (χ0) is 14.9. The Hall–Kier alpha value is -1.40. The third kappa shape index (κ3) is 3.19.